The Morgan fingerprint density at radius 3 is 2.23 bits per heavy atom. The Morgan fingerprint density at radius 1 is 1.07 bits per heavy atom. The van der Waals surface area contributed by atoms with Gasteiger partial charge in [-0.05, 0) is 36.4 Å². The number of piperazine rings is 1. The number of ether oxygens (including phenoxy) is 1. The predicted octanol–water partition coefficient (Wildman–Crippen LogP) is 1.99. The first kappa shape index (κ1) is 22.4. The van der Waals surface area contributed by atoms with Gasteiger partial charge in [-0.3, -0.25) is 15.0 Å². The molecule has 1 aliphatic heterocycles. The van der Waals surface area contributed by atoms with Crippen molar-refractivity contribution in [2.75, 3.05) is 39.3 Å². The molecule has 1 fully saturated rings. The summed E-state index contributed by atoms with van der Waals surface area (Å²) in [5, 5.41) is 21.3. The van der Waals surface area contributed by atoms with Crippen LogP contribution in [0.25, 0.3) is 0 Å². The minimum atomic E-state index is -3.57. The third-order valence-electron chi connectivity index (χ3n) is 4.74. The second-order valence-corrected chi connectivity index (χ2v) is 9.25. The Kier molecular flexibility index (Phi) is 7.27. The number of non-ortho nitro benzene ring substituents is 1. The van der Waals surface area contributed by atoms with Crippen molar-refractivity contribution in [2.24, 2.45) is 0 Å². The molecule has 1 heterocycles. The van der Waals surface area contributed by atoms with Crippen molar-refractivity contribution >= 4 is 27.3 Å². The smallest absolute Gasteiger partial charge is 0.269 e. The van der Waals surface area contributed by atoms with Crippen molar-refractivity contribution in [1.82, 2.24) is 9.21 Å². The number of hydrogen-bond acceptors (Lipinski definition) is 7. The molecule has 0 bridgehead atoms. The summed E-state index contributed by atoms with van der Waals surface area (Å²) in [6.45, 7) is 1.98. The summed E-state index contributed by atoms with van der Waals surface area (Å²) in [6.07, 6.45) is -0.778. The largest absolute Gasteiger partial charge is 0.491 e. The van der Waals surface area contributed by atoms with Gasteiger partial charge in [0, 0.05) is 49.9 Å². The van der Waals surface area contributed by atoms with Crippen molar-refractivity contribution < 1.29 is 23.2 Å². The Labute approximate surface area is 179 Å². The van der Waals surface area contributed by atoms with Gasteiger partial charge in [-0.2, -0.15) is 4.31 Å². The van der Waals surface area contributed by atoms with Crippen molar-refractivity contribution in [3.05, 3.63) is 63.7 Å². The summed E-state index contributed by atoms with van der Waals surface area (Å²) in [5.41, 5.74) is -0.0330. The third-order valence-corrected chi connectivity index (χ3v) is 6.91. The van der Waals surface area contributed by atoms with Gasteiger partial charge in [-0.1, -0.05) is 11.6 Å². The van der Waals surface area contributed by atoms with Crippen LogP contribution in [0.2, 0.25) is 5.02 Å². The molecule has 11 heteroatoms. The van der Waals surface area contributed by atoms with E-state index in [-0.39, 0.29) is 17.2 Å². The quantitative estimate of drug-likeness (QED) is 0.478. The van der Waals surface area contributed by atoms with Crippen LogP contribution in [0, 0.1) is 10.1 Å². The second-order valence-electron chi connectivity index (χ2n) is 6.87. The van der Waals surface area contributed by atoms with E-state index in [1.54, 1.807) is 12.1 Å². The van der Waals surface area contributed by atoms with E-state index in [2.05, 4.69) is 0 Å². The fraction of sp³-hybridized carbons (Fsp3) is 0.368. The van der Waals surface area contributed by atoms with E-state index >= 15 is 0 Å². The molecule has 162 valence electrons. The molecule has 0 saturated carbocycles. The Morgan fingerprint density at radius 2 is 1.67 bits per heavy atom. The summed E-state index contributed by atoms with van der Waals surface area (Å²) in [7, 11) is -3.57. The van der Waals surface area contributed by atoms with Crippen LogP contribution in [-0.4, -0.2) is 73.1 Å². The third kappa shape index (κ3) is 5.67. The normalized spacial score (nSPS) is 16.9. The first-order valence-electron chi connectivity index (χ1n) is 9.29. The molecule has 1 saturated heterocycles. The van der Waals surface area contributed by atoms with Gasteiger partial charge in [0.05, 0.1) is 9.82 Å². The Bertz CT molecular complexity index is 961. The monoisotopic (exact) mass is 455 g/mol. The number of nitro benzene ring substituents is 1. The average Bonchev–Trinajstić information content (AvgIpc) is 2.73. The lowest BCUT2D eigenvalue weighted by Crippen LogP contribution is -2.50. The number of halogens is 1. The maximum atomic E-state index is 12.7. The first-order chi connectivity index (χ1) is 14.3. The van der Waals surface area contributed by atoms with Gasteiger partial charge in [0.25, 0.3) is 5.69 Å². The molecule has 1 unspecified atom stereocenters. The summed E-state index contributed by atoms with van der Waals surface area (Å²) in [6, 6.07) is 11.7. The van der Waals surface area contributed by atoms with Crippen LogP contribution >= 0.6 is 11.6 Å². The molecular formula is C19H22ClN3O6S. The Hall–Kier alpha value is -2.24. The number of nitro groups is 1. The maximum Gasteiger partial charge on any atom is 0.269 e. The number of rotatable bonds is 8. The van der Waals surface area contributed by atoms with E-state index < -0.39 is 21.1 Å². The second kappa shape index (κ2) is 9.71. The van der Waals surface area contributed by atoms with E-state index in [9.17, 15) is 23.6 Å². The van der Waals surface area contributed by atoms with Crippen LogP contribution in [-0.2, 0) is 10.0 Å². The molecule has 2 aromatic rings. The zero-order chi connectivity index (χ0) is 21.7. The Balaban J connectivity index is 1.45. The van der Waals surface area contributed by atoms with Gasteiger partial charge >= 0.3 is 0 Å². The number of β-amino-alcohol motifs (C(OH)–C–C–N with tert-alkyl or cyclic N) is 1. The highest BCUT2D eigenvalue weighted by molar-refractivity contribution is 7.89. The topological polar surface area (TPSA) is 113 Å². The molecule has 0 spiro atoms. The molecule has 3 rings (SSSR count). The molecular weight excluding hydrogens is 434 g/mol. The highest BCUT2D eigenvalue weighted by Gasteiger charge is 2.29. The molecule has 0 amide bonds. The highest BCUT2D eigenvalue weighted by atomic mass is 35.5. The van der Waals surface area contributed by atoms with Gasteiger partial charge in [0.15, 0.2) is 0 Å². The number of aliphatic hydroxyl groups is 1. The minimum absolute atomic E-state index is 0.0289. The summed E-state index contributed by atoms with van der Waals surface area (Å²) < 4.78 is 32.3. The molecule has 1 aliphatic rings. The highest BCUT2D eigenvalue weighted by Crippen LogP contribution is 2.20. The summed E-state index contributed by atoms with van der Waals surface area (Å²) in [5.74, 6) is 0.429. The molecule has 1 atom stereocenters. The lowest BCUT2D eigenvalue weighted by atomic mass is 10.3. The molecule has 9 nitrogen and oxygen atoms in total. The zero-order valence-electron chi connectivity index (χ0n) is 16.1. The molecule has 30 heavy (non-hydrogen) atoms. The number of benzene rings is 2. The predicted molar refractivity (Wildman–Crippen MR) is 111 cm³/mol. The van der Waals surface area contributed by atoms with E-state index in [0.717, 1.165) is 0 Å². The standard InChI is InChI=1S/C19H22ClN3O6S/c20-15-1-7-19(8-2-15)30(27,28)22-11-9-21(10-12-22)13-17(24)14-29-18-5-3-16(4-6-18)23(25)26/h1-8,17,24H,9-14H2. The number of nitrogens with zero attached hydrogens (tertiary/aromatic N) is 3. The fourth-order valence-electron chi connectivity index (χ4n) is 3.12. The molecule has 1 N–H and O–H groups in total. The van der Waals surface area contributed by atoms with E-state index in [1.807, 2.05) is 4.90 Å². The number of hydrogen-bond donors (Lipinski definition) is 1. The van der Waals surface area contributed by atoms with E-state index in [0.29, 0.717) is 43.5 Å². The fourth-order valence-corrected chi connectivity index (χ4v) is 4.66. The minimum Gasteiger partial charge on any atom is -0.491 e. The van der Waals surface area contributed by atoms with Gasteiger partial charge in [-0.15, -0.1) is 0 Å². The first-order valence-corrected chi connectivity index (χ1v) is 11.1. The molecule has 0 aromatic heterocycles. The summed E-state index contributed by atoms with van der Waals surface area (Å²) in [4.78, 5) is 12.3. The van der Waals surface area contributed by atoms with Gasteiger partial charge < -0.3 is 9.84 Å². The molecule has 2 aromatic carbocycles. The van der Waals surface area contributed by atoms with Crippen LogP contribution in [0.4, 0.5) is 5.69 Å². The van der Waals surface area contributed by atoms with Crippen LogP contribution in [0.5, 0.6) is 5.75 Å². The lowest BCUT2D eigenvalue weighted by Gasteiger charge is -2.34. The van der Waals surface area contributed by atoms with Crippen LogP contribution in [0.15, 0.2) is 53.4 Å². The van der Waals surface area contributed by atoms with Gasteiger partial charge in [-0.25, -0.2) is 8.42 Å². The van der Waals surface area contributed by atoms with Gasteiger partial charge in [0.1, 0.15) is 18.5 Å². The summed E-state index contributed by atoms with van der Waals surface area (Å²) >= 11 is 5.82. The number of sulfonamides is 1. The lowest BCUT2D eigenvalue weighted by molar-refractivity contribution is -0.384. The van der Waals surface area contributed by atoms with E-state index in [4.69, 9.17) is 16.3 Å². The van der Waals surface area contributed by atoms with Crippen LogP contribution < -0.4 is 4.74 Å². The van der Waals surface area contributed by atoms with Crippen molar-refractivity contribution in [3.63, 3.8) is 0 Å². The van der Waals surface area contributed by atoms with Crippen LogP contribution in [0.1, 0.15) is 0 Å². The van der Waals surface area contributed by atoms with Crippen molar-refractivity contribution in [3.8, 4) is 5.75 Å². The zero-order valence-corrected chi connectivity index (χ0v) is 17.6. The molecule has 0 radical (unpaired) electrons. The SMILES string of the molecule is O=[N+]([O-])c1ccc(OCC(O)CN2CCN(S(=O)(=O)c3ccc(Cl)cc3)CC2)cc1. The van der Waals surface area contributed by atoms with Crippen molar-refractivity contribution in [2.45, 2.75) is 11.0 Å². The van der Waals surface area contributed by atoms with E-state index in [1.165, 1.54) is 40.7 Å². The average molecular weight is 456 g/mol. The maximum absolute atomic E-state index is 12.7. The van der Waals surface area contributed by atoms with Crippen LogP contribution in [0.3, 0.4) is 0 Å². The number of aliphatic hydroxyl groups excluding tert-OH is 1. The van der Waals surface area contributed by atoms with Crippen molar-refractivity contribution in [1.29, 1.82) is 0 Å². The molecule has 0 aliphatic carbocycles. The van der Waals surface area contributed by atoms with Gasteiger partial charge in [0.2, 0.25) is 10.0 Å².